The summed E-state index contributed by atoms with van der Waals surface area (Å²) in [5.41, 5.74) is 0. The van der Waals surface area contributed by atoms with E-state index in [1.165, 1.54) is 89.9 Å². The predicted octanol–water partition coefficient (Wildman–Crippen LogP) is 8.46. The molecular formula is C42H78O12S. The number of allylic oxidation sites excluding steroid dienone is 4. The quantitative estimate of drug-likeness (QED) is 0.0204. The van der Waals surface area contributed by atoms with Crippen LogP contribution in [0.25, 0.3) is 0 Å². The number of esters is 1. The topological polar surface area (TPSA) is 178 Å². The second kappa shape index (κ2) is 34.6. The van der Waals surface area contributed by atoms with Gasteiger partial charge in [0.05, 0.1) is 19.8 Å². The molecule has 1 aliphatic heterocycles. The van der Waals surface area contributed by atoms with Gasteiger partial charge >= 0.3 is 16.4 Å². The van der Waals surface area contributed by atoms with Crippen molar-refractivity contribution in [2.75, 3.05) is 26.4 Å². The van der Waals surface area contributed by atoms with Crippen LogP contribution in [0.1, 0.15) is 174 Å². The fraction of sp³-hybridized carbons (Fsp3) is 0.881. The minimum Gasteiger partial charge on any atom is -0.457 e. The van der Waals surface area contributed by atoms with Crippen molar-refractivity contribution >= 4 is 16.4 Å². The minimum absolute atomic E-state index is 0.0319. The van der Waals surface area contributed by atoms with E-state index in [2.05, 4.69) is 42.3 Å². The van der Waals surface area contributed by atoms with Gasteiger partial charge in [0.2, 0.25) is 0 Å². The van der Waals surface area contributed by atoms with Crippen molar-refractivity contribution in [1.82, 2.24) is 0 Å². The largest absolute Gasteiger partial charge is 0.457 e. The molecule has 324 valence electrons. The second-order valence-corrected chi connectivity index (χ2v) is 16.0. The molecule has 0 spiro atoms. The van der Waals surface area contributed by atoms with Gasteiger partial charge < -0.3 is 34.3 Å². The van der Waals surface area contributed by atoms with E-state index < -0.39 is 59.8 Å². The van der Waals surface area contributed by atoms with Gasteiger partial charge in [0.15, 0.2) is 6.29 Å². The van der Waals surface area contributed by atoms with Crippen LogP contribution in [0, 0.1) is 0 Å². The molecule has 1 heterocycles. The maximum atomic E-state index is 12.8. The average Bonchev–Trinajstić information content (AvgIpc) is 3.15. The molecule has 55 heavy (non-hydrogen) atoms. The predicted molar refractivity (Wildman–Crippen MR) is 216 cm³/mol. The fourth-order valence-corrected chi connectivity index (χ4v) is 7.03. The first-order chi connectivity index (χ1) is 26.6. The Morgan fingerprint density at radius 3 is 1.75 bits per heavy atom. The van der Waals surface area contributed by atoms with Gasteiger partial charge in [-0.1, -0.05) is 147 Å². The van der Waals surface area contributed by atoms with Crippen LogP contribution in [0.3, 0.4) is 0 Å². The van der Waals surface area contributed by atoms with Crippen molar-refractivity contribution in [3.8, 4) is 0 Å². The first-order valence-corrected chi connectivity index (χ1v) is 23.0. The number of carbonyl (C=O) groups excluding carboxylic acids is 1. The Morgan fingerprint density at radius 2 is 1.20 bits per heavy atom. The zero-order valence-electron chi connectivity index (χ0n) is 34.2. The molecule has 6 unspecified atom stereocenters. The summed E-state index contributed by atoms with van der Waals surface area (Å²) >= 11 is 0. The highest BCUT2D eigenvalue weighted by atomic mass is 32.3. The van der Waals surface area contributed by atoms with Crippen molar-refractivity contribution in [3.63, 3.8) is 0 Å². The van der Waals surface area contributed by atoms with Crippen molar-refractivity contribution in [2.24, 2.45) is 0 Å². The molecule has 0 aromatic heterocycles. The first kappa shape index (κ1) is 51.6. The first-order valence-electron chi connectivity index (χ1n) is 21.6. The Balaban J connectivity index is 2.45. The Kier molecular flexibility index (Phi) is 32.5. The van der Waals surface area contributed by atoms with E-state index >= 15 is 0 Å². The molecule has 0 radical (unpaired) electrons. The van der Waals surface area contributed by atoms with Crippen molar-refractivity contribution in [1.29, 1.82) is 0 Å². The van der Waals surface area contributed by atoms with Gasteiger partial charge in [0, 0.05) is 13.0 Å². The summed E-state index contributed by atoms with van der Waals surface area (Å²) in [7, 11) is -5.06. The molecule has 12 nitrogen and oxygen atoms in total. The lowest BCUT2D eigenvalue weighted by atomic mass is 9.99. The van der Waals surface area contributed by atoms with Crippen LogP contribution in [0.2, 0.25) is 0 Å². The Labute approximate surface area is 333 Å². The Bertz CT molecular complexity index is 1070. The standard InChI is InChI=1S/C42H78O12S/c1-3-5-7-9-11-13-15-16-17-18-19-20-22-24-26-28-30-32-50-34-36(52-38(44)31-29-27-25-23-21-14-12-10-8-6-4-2)35-51-42-40(46)41(54-55(47,48)49)39(45)37(33-43)53-42/h13,15,17-18,36-37,39-43,45-46H,3-12,14,16,19-35H2,1-2H3,(H,47,48,49)/b15-13-,18-17-. The van der Waals surface area contributed by atoms with Crippen LogP contribution in [0.4, 0.5) is 0 Å². The summed E-state index contributed by atoms with van der Waals surface area (Å²) < 4.78 is 58.9. The van der Waals surface area contributed by atoms with Gasteiger partial charge in [0.25, 0.3) is 0 Å². The van der Waals surface area contributed by atoms with Crippen LogP contribution in [-0.4, -0.2) is 97.5 Å². The van der Waals surface area contributed by atoms with Gasteiger partial charge in [0.1, 0.15) is 30.5 Å². The molecule has 1 aliphatic rings. The molecule has 1 rings (SSSR count). The normalized spacial score (nSPS) is 21.2. The third kappa shape index (κ3) is 28.6. The zero-order chi connectivity index (χ0) is 40.4. The molecular weight excluding hydrogens is 729 g/mol. The summed E-state index contributed by atoms with van der Waals surface area (Å²) in [5.74, 6) is -0.404. The van der Waals surface area contributed by atoms with Crippen LogP contribution in [0.15, 0.2) is 24.3 Å². The molecule has 0 bridgehead atoms. The number of rotatable bonds is 37. The summed E-state index contributed by atoms with van der Waals surface area (Å²) in [6.07, 6.45) is 27.8. The van der Waals surface area contributed by atoms with E-state index in [1.807, 2.05) is 0 Å². The van der Waals surface area contributed by atoms with Crippen LogP contribution >= 0.6 is 0 Å². The average molecular weight is 807 g/mol. The van der Waals surface area contributed by atoms with Crippen molar-refractivity contribution < 1.29 is 56.2 Å². The summed E-state index contributed by atoms with van der Waals surface area (Å²) in [5, 5.41) is 30.6. The molecule has 4 N–H and O–H groups in total. The number of aliphatic hydroxyl groups is 3. The second-order valence-electron chi connectivity index (χ2n) is 14.9. The SMILES string of the molecule is CCCCCC/C=C\C/C=C\CCCCCCCCOCC(COC1OC(CO)C(O)C(OS(=O)(=O)O)C1O)OC(=O)CCCCCCCCCCCCC. The smallest absolute Gasteiger partial charge is 0.397 e. The molecule has 6 atom stereocenters. The highest BCUT2D eigenvalue weighted by Gasteiger charge is 2.48. The van der Waals surface area contributed by atoms with Gasteiger partial charge in [-0.3, -0.25) is 9.35 Å². The molecule has 1 saturated heterocycles. The molecule has 0 saturated carbocycles. The number of aliphatic hydroxyl groups excluding tert-OH is 3. The number of hydrogen-bond donors (Lipinski definition) is 4. The Morgan fingerprint density at radius 1 is 0.691 bits per heavy atom. The minimum atomic E-state index is -5.06. The van der Waals surface area contributed by atoms with Gasteiger partial charge in [-0.2, -0.15) is 8.42 Å². The van der Waals surface area contributed by atoms with E-state index in [4.69, 9.17) is 23.5 Å². The maximum Gasteiger partial charge on any atom is 0.397 e. The fourth-order valence-electron chi connectivity index (χ4n) is 6.53. The van der Waals surface area contributed by atoms with Crippen LogP contribution in [-0.2, 0) is 38.3 Å². The van der Waals surface area contributed by atoms with E-state index in [-0.39, 0.29) is 19.6 Å². The van der Waals surface area contributed by atoms with E-state index in [1.54, 1.807) is 0 Å². The van der Waals surface area contributed by atoms with E-state index in [0.29, 0.717) is 13.0 Å². The number of carbonyl (C=O) groups is 1. The molecule has 0 aliphatic carbocycles. The van der Waals surface area contributed by atoms with Gasteiger partial charge in [-0.05, 0) is 44.9 Å². The number of hydrogen-bond acceptors (Lipinski definition) is 11. The number of unbranched alkanes of at least 4 members (excludes halogenated alkanes) is 20. The molecule has 1 fully saturated rings. The molecule has 0 aromatic rings. The Hall–Kier alpha value is -1.42. The monoisotopic (exact) mass is 807 g/mol. The highest BCUT2D eigenvalue weighted by molar-refractivity contribution is 7.80. The van der Waals surface area contributed by atoms with Crippen molar-refractivity contribution in [2.45, 2.75) is 211 Å². The maximum absolute atomic E-state index is 12.8. The molecule has 0 aromatic carbocycles. The summed E-state index contributed by atoms with van der Waals surface area (Å²) in [6, 6.07) is 0. The highest BCUT2D eigenvalue weighted by Crippen LogP contribution is 2.26. The van der Waals surface area contributed by atoms with Crippen LogP contribution < -0.4 is 0 Å². The molecule has 13 heteroatoms. The van der Waals surface area contributed by atoms with Gasteiger partial charge in [-0.25, -0.2) is 4.18 Å². The molecule has 0 amide bonds. The van der Waals surface area contributed by atoms with E-state index in [0.717, 1.165) is 57.8 Å². The summed E-state index contributed by atoms with van der Waals surface area (Å²) in [4.78, 5) is 12.8. The van der Waals surface area contributed by atoms with E-state index in [9.17, 15) is 28.5 Å². The lowest BCUT2D eigenvalue weighted by Crippen LogP contribution is -2.60. The summed E-state index contributed by atoms with van der Waals surface area (Å²) in [6.45, 7) is 3.94. The third-order valence-electron chi connectivity index (χ3n) is 9.83. The van der Waals surface area contributed by atoms with Gasteiger partial charge in [-0.15, -0.1) is 0 Å². The van der Waals surface area contributed by atoms with Crippen molar-refractivity contribution in [3.05, 3.63) is 24.3 Å². The lowest BCUT2D eigenvalue weighted by molar-refractivity contribution is -0.301. The third-order valence-corrected chi connectivity index (χ3v) is 10.3. The lowest BCUT2D eigenvalue weighted by Gasteiger charge is -2.41. The van der Waals surface area contributed by atoms with Crippen LogP contribution in [0.5, 0.6) is 0 Å². The zero-order valence-corrected chi connectivity index (χ0v) is 35.1. The number of ether oxygens (including phenoxy) is 4.